The van der Waals surface area contributed by atoms with Crippen molar-refractivity contribution in [3.05, 3.63) is 95.4 Å². The number of piperidine rings is 2. The van der Waals surface area contributed by atoms with Gasteiger partial charge in [-0.3, -0.25) is 9.69 Å². The summed E-state index contributed by atoms with van der Waals surface area (Å²) in [7, 11) is 0. The van der Waals surface area contributed by atoms with Crippen molar-refractivity contribution in [2.45, 2.75) is 50.6 Å². The molecule has 1 N–H and O–H groups in total. The number of pyridine rings is 1. The molecule has 2 aliphatic heterocycles. The highest BCUT2D eigenvalue weighted by atomic mass is 19.4. The van der Waals surface area contributed by atoms with Crippen molar-refractivity contribution in [2.24, 2.45) is 0 Å². The van der Waals surface area contributed by atoms with Crippen molar-refractivity contribution in [1.82, 2.24) is 19.6 Å². The van der Waals surface area contributed by atoms with Crippen LogP contribution in [0.15, 0.2) is 73.1 Å². The zero-order valence-electron chi connectivity index (χ0n) is 24.1. The van der Waals surface area contributed by atoms with Crippen molar-refractivity contribution in [3.8, 4) is 11.8 Å². The summed E-state index contributed by atoms with van der Waals surface area (Å²) in [6.07, 6.45) is 2.36. The largest absolute Gasteiger partial charge is 0.490 e. The van der Waals surface area contributed by atoms with Gasteiger partial charge in [-0.15, -0.1) is 0 Å². The van der Waals surface area contributed by atoms with Gasteiger partial charge >= 0.3 is 6.18 Å². The molecule has 4 heterocycles. The molecule has 2 aromatic carbocycles. The molecule has 2 saturated heterocycles. The quantitative estimate of drug-likeness (QED) is 0.294. The highest BCUT2D eigenvalue weighted by Gasteiger charge is 2.30. The van der Waals surface area contributed by atoms with Crippen LogP contribution in [0.5, 0.6) is 5.75 Å². The third kappa shape index (κ3) is 6.97. The number of aromatic nitrogens is 2. The van der Waals surface area contributed by atoms with Gasteiger partial charge in [0.05, 0.1) is 17.2 Å². The number of likely N-dealkylation sites (tertiary alicyclic amines) is 1. The lowest BCUT2D eigenvalue weighted by atomic mass is 10.0. The van der Waals surface area contributed by atoms with E-state index in [1.807, 2.05) is 42.6 Å². The van der Waals surface area contributed by atoms with E-state index in [0.29, 0.717) is 35.7 Å². The number of halogens is 3. The summed E-state index contributed by atoms with van der Waals surface area (Å²) in [4.78, 5) is 22.0. The Morgan fingerprint density at radius 2 is 1.68 bits per heavy atom. The van der Waals surface area contributed by atoms with Crippen LogP contribution in [0.4, 0.5) is 18.9 Å². The third-order valence-electron chi connectivity index (χ3n) is 8.38. The van der Waals surface area contributed by atoms with Crippen molar-refractivity contribution in [3.63, 3.8) is 0 Å². The van der Waals surface area contributed by atoms with E-state index in [-0.39, 0.29) is 18.1 Å². The Bertz CT molecular complexity index is 1630. The number of fused-ring (bicyclic) bond motifs is 1. The number of nitrogens with one attached hydrogen (secondary N) is 1. The summed E-state index contributed by atoms with van der Waals surface area (Å²) in [5.74, 6) is 0.468. The number of amides is 1. The number of hydrogen-bond donors (Lipinski definition) is 1. The molecule has 2 aromatic heterocycles. The van der Waals surface area contributed by atoms with Crippen LogP contribution in [0.3, 0.4) is 0 Å². The van der Waals surface area contributed by atoms with E-state index in [9.17, 15) is 18.0 Å². The van der Waals surface area contributed by atoms with Gasteiger partial charge in [0.25, 0.3) is 5.91 Å². The van der Waals surface area contributed by atoms with E-state index in [4.69, 9.17) is 10.00 Å². The second-order valence-corrected chi connectivity index (χ2v) is 11.4. The molecule has 228 valence electrons. The zero-order valence-corrected chi connectivity index (χ0v) is 24.1. The molecule has 8 nitrogen and oxygen atoms in total. The molecule has 0 radical (unpaired) electrons. The number of carbonyl (C=O) groups excluding carboxylic acids is 1. The van der Waals surface area contributed by atoms with Crippen LogP contribution in [-0.2, 0) is 12.7 Å². The van der Waals surface area contributed by atoms with E-state index < -0.39 is 11.7 Å². The first kappa shape index (κ1) is 29.5. The predicted octanol–water partition coefficient (Wildman–Crippen LogP) is 5.67. The fourth-order valence-electron chi connectivity index (χ4n) is 5.87. The lowest BCUT2D eigenvalue weighted by molar-refractivity contribution is -0.137. The van der Waals surface area contributed by atoms with Crippen LogP contribution >= 0.6 is 0 Å². The lowest BCUT2D eigenvalue weighted by Crippen LogP contribution is -2.44. The van der Waals surface area contributed by atoms with Gasteiger partial charge in [0.2, 0.25) is 0 Å². The number of imidazole rings is 1. The topological polar surface area (TPSA) is 85.9 Å². The predicted molar refractivity (Wildman–Crippen MR) is 159 cm³/mol. The Labute approximate surface area is 253 Å². The molecule has 0 atom stereocenters. The molecule has 4 aromatic rings. The van der Waals surface area contributed by atoms with Gasteiger partial charge in [0.15, 0.2) is 0 Å². The summed E-state index contributed by atoms with van der Waals surface area (Å²) >= 11 is 0. The molecule has 2 fully saturated rings. The summed E-state index contributed by atoms with van der Waals surface area (Å²) in [5.41, 5.74) is 2.92. The molecule has 0 saturated carbocycles. The summed E-state index contributed by atoms with van der Waals surface area (Å²) in [5, 5.41) is 12.1. The molecule has 0 bridgehead atoms. The van der Waals surface area contributed by atoms with Crippen LogP contribution in [0.2, 0.25) is 0 Å². The molecule has 1 amide bonds. The van der Waals surface area contributed by atoms with Crippen LogP contribution in [-0.4, -0.2) is 58.5 Å². The fraction of sp³-hybridized carbons (Fsp3) is 0.364. The number of alkyl halides is 3. The van der Waals surface area contributed by atoms with Gasteiger partial charge in [-0.05, 0) is 60.9 Å². The Kier molecular flexibility index (Phi) is 8.44. The van der Waals surface area contributed by atoms with E-state index in [1.165, 1.54) is 17.7 Å². The molecule has 2 aliphatic rings. The average molecular weight is 603 g/mol. The smallest absolute Gasteiger partial charge is 0.416 e. The number of hydrogen-bond acceptors (Lipinski definition) is 6. The Hall–Kier alpha value is -4.56. The van der Waals surface area contributed by atoms with E-state index >= 15 is 0 Å². The SMILES string of the molecule is N#Cc1ccc(CN2CCC(NC(=O)c3cn4ccc(OC5CCN(c6ccc(C(F)(F)F)cc6)CC5)cc4n3)CC2)cc1. The van der Waals surface area contributed by atoms with Gasteiger partial charge < -0.3 is 19.4 Å². The van der Waals surface area contributed by atoms with Crippen molar-refractivity contribution < 1.29 is 22.7 Å². The number of rotatable bonds is 7. The minimum Gasteiger partial charge on any atom is -0.490 e. The highest BCUT2D eigenvalue weighted by Crippen LogP contribution is 2.31. The second-order valence-electron chi connectivity index (χ2n) is 11.4. The van der Waals surface area contributed by atoms with Crippen LogP contribution < -0.4 is 15.0 Å². The normalized spacial score (nSPS) is 17.0. The standard InChI is InChI=1S/C33H33F3N6O2/c34-33(35,36)25-5-7-27(8-6-25)41-16-11-28(12-17-41)44-29-13-18-42-22-30(39-31(42)19-29)32(43)38-26-9-14-40(15-10-26)21-24-3-1-23(20-37)2-4-24/h1-8,13,18-19,22,26,28H,9-12,14-17,21H2,(H,38,43). The first-order valence-corrected chi connectivity index (χ1v) is 14.8. The Morgan fingerprint density at radius 1 is 0.977 bits per heavy atom. The van der Waals surface area contributed by atoms with Crippen LogP contribution in [0.1, 0.15) is 52.9 Å². The summed E-state index contributed by atoms with van der Waals surface area (Å²) in [6.45, 7) is 3.93. The van der Waals surface area contributed by atoms with E-state index in [0.717, 1.165) is 63.1 Å². The molecular formula is C33H33F3N6O2. The molecule has 11 heteroatoms. The average Bonchev–Trinajstić information content (AvgIpc) is 3.46. The van der Waals surface area contributed by atoms with Gasteiger partial charge in [-0.2, -0.15) is 18.4 Å². The molecule has 0 spiro atoms. The van der Waals surface area contributed by atoms with Gasteiger partial charge in [-0.1, -0.05) is 12.1 Å². The van der Waals surface area contributed by atoms with E-state index in [1.54, 1.807) is 10.6 Å². The number of benzene rings is 2. The number of carbonyl (C=O) groups is 1. The maximum Gasteiger partial charge on any atom is 0.416 e. The maximum absolute atomic E-state index is 13.0. The fourth-order valence-corrected chi connectivity index (χ4v) is 5.87. The lowest BCUT2D eigenvalue weighted by Gasteiger charge is -2.33. The number of ether oxygens (including phenoxy) is 1. The maximum atomic E-state index is 13.0. The highest BCUT2D eigenvalue weighted by molar-refractivity contribution is 5.93. The van der Waals surface area contributed by atoms with Gasteiger partial charge in [-0.25, -0.2) is 4.98 Å². The van der Waals surface area contributed by atoms with E-state index in [2.05, 4.69) is 26.2 Å². The summed E-state index contributed by atoms with van der Waals surface area (Å²) in [6, 6.07) is 18.8. The summed E-state index contributed by atoms with van der Waals surface area (Å²) < 4.78 is 46.6. The molecule has 6 rings (SSSR count). The Balaban J connectivity index is 0.979. The molecule has 0 aliphatic carbocycles. The van der Waals surface area contributed by atoms with Crippen LogP contribution in [0.25, 0.3) is 5.65 Å². The monoisotopic (exact) mass is 602 g/mol. The minimum atomic E-state index is -4.34. The number of anilines is 1. The Morgan fingerprint density at radius 3 is 2.34 bits per heavy atom. The van der Waals surface area contributed by atoms with Crippen LogP contribution in [0, 0.1) is 11.3 Å². The first-order valence-electron chi connectivity index (χ1n) is 14.8. The number of nitriles is 1. The second kappa shape index (κ2) is 12.6. The van der Waals surface area contributed by atoms with Gasteiger partial charge in [0, 0.05) is 75.8 Å². The molecule has 0 unspecified atom stereocenters. The molecular weight excluding hydrogens is 569 g/mol. The van der Waals surface area contributed by atoms with Crippen molar-refractivity contribution in [2.75, 3.05) is 31.1 Å². The van der Waals surface area contributed by atoms with Gasteiger partial charge in [0.1, 0.15) is 23.2 Å². The number of nitrogens with zero attached hydrogens (tertiary/aromatic N) is 5. The van der Waals surface area contributed by atoms with Crippen molar-refractivity contribution >= 4 is 17.2 Å². The molecule has 44 heavy (non-hydrogen) atoms. The minimum absolute atomic E-state index is 0.0244. The third-order valence-corrected chi connectivity index (χ3v) is 8.38. The first-order chi connectivity index (χ1) is 21.2. The van der Waals surface area contributed by atoms with Crippen molar-refractivity contribution in [1.29, 1.82) is 5.26 Å². The zero-order chi connectivity index (χ0) is 30.7.